The lowest BCUT2D eigenvalue weighted by atomic mass is 9.60. The van der Waals surface area contributed by atoms with Gasteiger partial charge in [0.2, 0.25) is 0 Å². The Bertz CT molecular complexity index is 1310. The molecule has 1 aromatic carbocycles. The number of aliphatic hydroxyl groups excluding tert-OH is 1. The number of sulfone groups is 1. The van der Waals surface area contributed by atoms with Gasteiger partial charge in [0.15, 0.2) is 26.5 Å². The van der Waals surface area contributed by atoms with E-state index in [1.165, 1.54) is 0 Å². The molecule has 7 atom stereocenters. The zero-order chi connectivity index (χ0) is 38.0. The smallest absolute Gasteiger partial charge is 0.192 e. The summed E-state index contributed by atoms with van der Waals surface area (Å²) in [4.78, 5) is 0.300. The Morgan fingerprint density at radius 1 is 0.940 bits per heavy atom. The summed E-state index contributed by atoms with van der Waals surface area (Å²) >= 11 is 0. The molecular weight excluding hydrogens is 677 g/mol. The molecule has 0 heterocycles. The number of fused-ring (bicyclic) bond motifs is 1. The Balaban J connectivity index is 2.09. The average molecular weight is 753 g/mol. The lowest BCUT2D eigenvalue weighted by Crippen LogP contribution is -2.51. The Kier molecular flexibility index (Phi) is 14.4. The summed E-state index contributed by atoms with van der Waals surface area (Å²) in [7, 11) is -7.70. The van der Waals surface area contributed by atoms with Crippen LogP contribution in [0.2, 0.25) is 36.3 Å². The summed E-state index contributed by atoms with van der Waals surface area (Å²) in [5.41, 5.74) is -1.79. The Hall–Kier alpha value is -0.556. The molecule has 3 rings (SSSR count). The van der Waals surface area contributed by atoms with Gasteiger partial charge in [-0.3, -0.25) is 0 Å². The highest BCUT2D eigenvalue weighted by molar-refractivity contribution is 7.92. The van der Waals surface area contributed by atoms with Crippen molar-refractivity contribution in [3.05, 3.63) is 30.3 Å². The van der Waals surface area contributed by atoms with Gasteiger partial charge in [-0.25, -0.2) is 8.42 Å². The zero-order valence-corrected chi connectivity index (χ0v) is 37.1. The van der Waals surface area contributed by atoms with Crippen LogP contribution >= 0.6 is 0 Å². The van der Waals surface area contributed by atoms with Crippen LogP contribution in [0.15, 0.2) is 35.2 Å². The maximum absolute atomic E-state index is 14.9. The maximum atomic E-state index is 14.9. The molecule has 0 bridgehead atoms. The quantitative estimate of drug-likeness (QED) is 0.145. The SMILES string of the molecule is CC[Si](CC)(CC)OC(C)(C)CCCC([C@H]1CC[C@H]2[C@@H](O[Si](C)(C)C(C)(C)C)CCC[C@]12C)[C@@H](CC(O)C(C)(C)O)S(=O)(=O)c1ccccc1. The number of hydrogen-bond donors (Lipinski definition) is 2. The minimum atomic E-state index is -3.85. The van der Waals surface area contributed by atoms with Crippen LogP contribution < -0.4 is 0 Å². The number of rotatable bonds is 18. The zero-order valence-electron chi connectivity index (χ0n) is 34.3. The molecule has 290 valence electrons. The third-order valence-electron chi connectivity index (χ3n) is 13.9. The van der Waals surface area contributed by atoms with Gasteiger partial charge in [-0.15, -0.1) is 0 Å². The van der Waals surface area contributed by atoms with E-state index in [1.54, 1.807) is 38.1 Å². The highest BCUT2D eigenvalue weighted by Gasteiger charge is 2.57. The largest absolute Gasteiger partial charge is 0.414 e. The monoisotopic (exact) mass is 752 g/mol. The molecule has 0 aromatic heterocycles. The second-order valence-electron chi connectivity index (χ2n) is 19.1. The molecule has 0 aliphatic heterocycles. The van der Waals surface area contributed by atoms with Gasteiger partial charge in [0.1, 0.15) is 0 Å². The number of benzene rings is 1. The molecule has 2 saturated carbocycles. The highest BCUT2D eigenvalue weighted by atomic mass is 32.2. The van der Waals surface area contributed by atoms with E-state index in [0.717, 1.165) is 69.5 Å². The summed E-state index contributed by atoms with van der Waals surface area (Å²) in [6.45, 7) is 28.5. The molecule has 2 fully saturated rings. The van der Waals surface area contributed by atoms with Gasteiger partial charge in [0.25, 0.3) is 0 Å². The first-order chi connectivity index (χ1) is 22.9. The lowest BCUT2D eigenvalue weighted by molar-refractivity contribution is -0.0583. The average Bonchev–Trinajstić information content (AvgIpc) is 3.37. The molecule has 1 aromatic rings. The van der Waals surface area contributed by atoms with E-state index in [2.05, 4.69) is 75.4 Å². The summed E-state index contributed by atoms with van der Waals surface area (Å²) < 4.78 is 43.9. The minimum Gasteiger partial charge on any atom is -0.414 e. The Labute approximate surface area is 310 Å². The van der Waals surface area contributed by atoms with Crippen LogP contribution in [0.3, 0.4) is 0 Å². The van der Waals surface area contributed by atoms with Crippen LogP contribution in [0, 0.1) is 23.2 Å². The molecule has 50 heavy (non-hydrogen) atoms. The van der Waals surface area contributed by atoms with E-state index in [9.17, 15) is 18.6 Å². The summed E-state index contributed by atoms with van der Waals surface area (Å²) in [5, 5.41) is 21.7. The van der Waals surface area contributed by atoms with Crippen molar-refractivity contribution >= 4 is 26.5 Å². The van der Waals surface area contributed by atoms with Crippen LogP contribution in [-0.2, 0) is 18.7 Å². The van der Waals surface area contributed by atoms with E-state index in [4.69, 9.17) is 8.85 Å². The second kappa shape index (κ2) is 16.4. The number of hydrogen-bond acceptors (Lipinski definition) is 6. The normalized spacial score (nSPS) is 26.0. The lowest BCUT2D eigenvalue weighted by Gasteiger charge is -2.51. The van der Waals surface area contributed by atoms with E-state index in [0.29, 0.717) is 10.8 Å². The van der Waals surface area contributed by atoms with Crippen LogP contribution in [0.5, 0.6) is 0 Å². The van der Waals surface area contributed by atoms with Crippen molar-refractivity contribution in [1.82, 2.24) is 0 Å². The van der Waals surface area contributed by atoms with Crippen molar-refractivity contribution in [2.75, 3.05) is 0 Å². The minimum absolute atomic E-state index is 0.00393. The molecule has 0 spiro atoms. The van der Waals surface area contributed by atoms with Crippen molar-refractivity contribution < 1.29 is 27.5 Å². The molecule has 9 heteroatoms. The van der Waals surface area contributed by atoms with E-state index >= 15 is 0 Å². The van der Waals surface area contributed by atoms with E-state index < -0.39 is 43.4 Å². The summed E-state index contributed by atoms with van der Waals surface area (Å²) in [5.74, 6) is 0.359. The van der Waals surface area contributed by atoms with Crippen molar-refractivity contribution in [2.24, 2.45) is 23.2 Å². The van der Waals surface area contributed by atoms with Crippen LogP contribution in [0.25, 0.3) is 0 Å². The van der Waals surface area contributed by atoms with Gasteiger partial charge in [-0.1, -0.05) is 79.5 Å². The van der Waals surface area contributed by atoms with Gasteiger partial charge in [0.05, 0.1) is 27.5 Å². The van der Waals surface area contributed by atoms with Gasteiger partial charge >= 0.3 is 0 Å². The standard InChI is InChI=1S/C41H76O6SSi2/c1-14-50(15-2,16-3)47-39(7,8)28-20-24-32(36(30-37(42)40(9,10)43)48(44,45)31-22-18-17-19-23-31)33-26-27-34-35(25-21-29-41(33,34)11)46-49(12,13)38(4,5)6/h17-19,22-23,32-37,42-43H,14-16,20-21,24-30H2,1-13H3/t32?,33-,34+,35+,36-,37?,41-/m1/s1. The summed E-state index contributed by atoms with van der Waals surface area (Å²) in [6, 6.07) is 12.1. The van der Waals surface area contributed by atoms with Gasteiger partial charge in [-0.2, -0.15) is 0 Å². The molecule has 0 saturated heterocycles. The first kappa shape index (κ1) is 43.8. The third-order valence-corrected chi connectivity index (χ3v) is 25.5. The molecule has 2 unspecified atom stereocenters. The molecular formula is C41H76O6SSi2. The first-order valence-corrected chi connectivity index (χ1v) is 27.0. The molecule has 0 radical (unpaired) electrons. The molecule has 2 aliphatic carbocycles. The van der Waals surface area contributed by atoms with Crippen molar-refractivity contribution in [1.29, 1.82) is 0 Å². The topological polar surface area (TPSA) is 93.1 Å². The molecule has 0 amide bonds. The highest BCUT2D eigenvalue weighted by Crippen LogP contribution is 2.61. The van der Waals surface area contributed by atoms with Crippen LogP contribution in [0.4, 0.5) is 0 Å². The van der Waals surface area contributed by atoms with Crippen molar-refractivity contribution in [2.45, 2.75) is 204 Å². The predicted molar refractivity (Wildman–Crippen MR) is 214 cm³/mol. The molecule has 2 aliphatic rings. The molecule has 6 nitrogen and oxygen atoms in total. The van der Waals surface area contributed by atoms with E-state index in [-0.39, 0.29) is 40.4 Å². The third kappa shape index (κ3) is 9.94. The number of aliphatic hydroxyl groups is 2. The fourth-order valence-electron chi connectivity index (χ4n) is 9.40. The fourth-order valence-corrected chi connectivity index (χ4v) is 16.1. The van der Waals surface area contributed by atoms with Gasteiger partial charge in [-0.05, 0) is 144 Å². The Morgan fingerprint density at radius 2 is 1.52 bits per heavy atom. The van der Waals surface area contributed by atoms with Crippen LogP contribution in [0.1, 0.15) is 134 Å². The van der Waals surface area contributed by atoms with Crippen molar-refractivity contribution in [3.63, 3.8) is 0 Å². The van der Waals surface area contributed by atoms with Crippen LogP contribution in [-0.4, -0.2) is 63.9 Å². The predicted octanol–water partition coefficient (Wildman–Crippen LogP) is 10.5. The van der Waals surface area contributed by atoms with Crippen molar-refractivity contribution in [3.8, 4) is 0 Å². The fraction of sp³-hybridized carbons (Fsp3) is 0.854. The molecule has 2 N–H and O–H groups in total. The summed E-state index contributed by atoms with van der Waals surface area (Å²) in [6.07, 6.45) is 6.66. The maximum Gasteiger partial charge on any atom is 0.192 e. The van der Waals surface area contributed by atoms with E-state index in [1.807, 2.05) is 6.07 Å². The van der Waals surface area contributed by atoms with Gasteiger partial charge < -0.3 is 19.1 Å². The Morgan fingerprint density at radius 3 is 2.04 bits per heavy atom. The second-order valence-corrected chi connectivity index (χ2v) is 30.7. The van der Waals surface area contributed by atoms with Gasteiger partial charge in [0, 0.05) is 6.10 Å². The first-order valence-electron chi connectivity index (χ1n) is 20.0.